The second kappa shape index (κ2) is 8.42. The number of nitrogens with one attached hydrogen (secondary N) is 1. The molecule has 10 heteroatoms. The number of rotatable bonds is 5. The third kappa shape index (κ3) is 4.89. The van der Waals surface area contributed by atoms with Crippen molar-refractivity contribution in [1.82, 2.24) is 15.1 Å². The van der Waals surface area contributed by atoms with E-state index < -0.39 is 17.4 Å². The van der Waals surface area contributed by atoms with Crippen LogP contribution in [0.1, 0.15) is 16.1 Å². The lowest BCUT2D eigenvalue weighted by atomic mass is 10.1. The van der Waals surface area contributed by atoms with Gasteiger partial charge in [0, 0.05) is 37.0 Å². The summed E-state index contributed by atoms with van der Waals surface area (Å²) in [5.74, 6) is -0.381. The molecule has 1 amide bonds. The summed E-state index contributed by atoms with van der Waals surface area (Å²) in [6, 6.07) is 8.46. The first-order valence-electron chi connectivity index (χ1n) is 8.71. The third-order valence-corrected chi connectivity index (χ3v) is 4.27. The van der Waals surface area contributed by atoms with Gasteiger partial charge in [-0.1, -0.05) is 0 Å². The van der Waals surface area contributed by atoms with Gasteiger partial charge < -0.3 is 15.0 Å². The first-order valence-corrected chi connectivity index (χ1v) is 8.71. The molecule has 2 heterocycles. The predicted molar refractivity (Wildman–Crippen MR) is 95.3 cm³/mol. The van der Waals surface area contributed by atoms with Crippen molar-refractivity contribution in [2.24, 2.45) is 0 Å². The molecule has 2 aromatic rings. The van der Waals surface area contributed by atoms with Gasteiger partial charge >= 0.3 is 6.18 Å². The Morgan fingerprint density at radius 1 is 1.11 bits per heavy atom. The van der Waals surface area contributed by atoms with Gasteiger partial charge in [-0.3, -0.25) is 9.59 Å². The highest BCUT2D eigenvalue weighted by Gasteiger charge is 2.33. The lowest BCUT2D eigenvalue weighted by Gasteiger charge is -2.28. The number of benzene rings is 1. The standard InChI is InChI=1S/C18H19F3N4O3/c19-18(20,21)15-5-6-16(26)25(23-15)8-7-22-17(27)13-1-3-14(4-2-13)24-9-11-28-12-10-24/h1-6H,7-12H2,(H,22,27). The molecule has 0 spiro atoms. The molecule has 28 heavy (non-hydrogen) atoms. The van der Waals surface area contributed by atoms with Crippen LogP contribution in [0.3, 0.4) is 0 Å². The Bertz CT molecular complexity index is 875. The molecule has 0 saturated carbocycles. The van der Waals surface area contributed by atoms with Gasteiger partial charge in [0.2, 0.25) is 0 Å². The van der Waals surface area contributed by atoms with Gasteiger partial charge in [0.15, 0.2) is 5.69 Å². The van der Waals surface area contributed by atoms with Gasteiger partial charge in [-0.05, 0) is 30.3 Å². The van der Waals surface area contributed by atoms with E-state index in [1.807, 2.05) is 12.1 Å². The first-order chi connectivity index (χ1) is 13.3. The van der Waals surface area contributed by atoms with E-state index in [1.54, 1.807) is 12.1 Å². The van der Waals surface area contributed by atoms with E-state index in [9.17, 15) is 22.8 Å². The Hall–Kier alpha value is -2.88. The topological polar surface area (TPSA) is 76.5 Å². The van der Waals surface area contributed by atoms with Crippen molar-refractivity contribution in [3.8, 4) is 0 Å². The summed E-state index contributed by atoms with van der Waals surface area (Å²) >= 11 is 0. The van der Waals surface area contributed by atoms with Crippen LogP contribution < -0.4 is 15.8 Å². The third-order valence-electron chi connectivity index (χ3n) is 4.27. The molecule has 1 aliphatic heterocycles. The van der Waals surface area contributed by atoms with E-state index >= 15 is 0 Å². The summed E-state index contributed by atoms with van der Waals surface area (Å²) in [7, 11) is 0. The van der Waals surface area contributed by atoms with Crippen LogP contribution in [0.2, 0.25) is 0 Å². The molecule has 3 rings (SSSR count). The Kier molecular flexibility index (Phi) is 5.98. The van der Waals surface area contributed by atoms with Crippen LogP contribution in [0.5, 0.6) is 0 Å². The molecule has 0 aliphatic carbocycles. The van der Waals surface area contributed by atoms with Crippen LogP contribution in [0.4, 0.5) is 18.9 Å². The molecule has 1 saturated heterocycles. The van der Waals surface area contributed by atoms with E-state index in [0.717, 1.165) is 24.8 Å². The number of hydrogen-bond acceptors (Lipinski definition) is 5. The van der Waals surface area contributed by atoms with E-state index in [2.05, 4.69) is 15.3 Å². The highest BCUT2D eigenvalue weighted by atomic mass is 19.4. The minimum Gasteiger partial charge on any atom is -0.378 e. The number of alkyl halides is 3. The van der Waals surface area contributed by atoms with Crippen molar-refractivity contribution in [1.29, 1.82) is 0 Å². The fourth-order valence-electron chi connectivity index (χ4n) is 2.78. The summed E-state index contributed by atoms with van der Waals surface area (Å²) in [5.41, 5.74) is -0.421. The van der Waals surface area contributed by atoms with E-state index in [0.29, 0.717) is 29.5 Å². The second-order valence-corrected chi connectivity index (χ2v) is 6.18. The van der Waals surface area contributed by atoms with Gasteiger partial charge in [0.25, 0.3) is 11.5 Å². The number of halogens is 3. The number of ether oxygens (including phenoxy) is 1. The van der Waals surface area contributed by atoms with Crippen molar-refractivity contribution < 1.29 is 22.7 Å². The number of hydrogen-bond donors (Lipinski definition) is 1. The summed E-state index contributed by atoms with van der Waals surface area (Å²) in [4.78, 5) is 26.0. The van der Waals surface area contributed by atoms with Gasteiger partial charge in [-0.25, -0.2) is 4.68 Å². The molecule has 1 N–H and O–H groups in total. The highest BCUT2D eigenvalue weighted by Crippen LogP contribution is 2.26. The lowest BCUT2D eigenvalue weighted by molar-refractivity contribution is -0.142. The lowest BCUT2D eigenvalue weighted by Crippen LogP contribution is -2.36. The van der Waals surface area contributed by atoms with Gasteiger partial charge in [-0.2, -0.15) is 18.3 Å². The predicted octanol–water partition coefficient (Wildman–Crippen LogP) is 1.53. The summed E-state index contributed by atoms with van der Waals surface area (Å²) in [6.07, 6.45) is -4.64. The summed E-state index contributed by atoms with van der Waals surface area (Å²) in [5, 5.41) is 5.87. The number of morpholine rings is 1. The number of carbonyl (C=O) groups excluding carboxylic acids is 1. The summed E-state index contributed by atoms with van der Waals surface area (Å²) in [6.45, 7) is 2.68. The largest absolute Gasteiger partial charge is 0.435 e. The number of amides is 1. The van der Waals surface area contributed by atoms with Crippen molar-refractivity contribution in [3.05, 3.63) is 58.0 Å². The van der Waals surface area contributed by atoms with Crippen LogP contribution in [-0.2, 0) is 17.5 Å². The van der Waals surface area contributed by atoms with Crippen molar-refractivity contribution in [2.45, 2.75) is 12.7 Å². The van der Waals surface area contributed by atoms with Crippen molar-refractivity contribution in [2.75, 3.05) is 37.7 Å². The van der Waals surface area contributed by atoms with E-state index in [-0.39, 0.29) is 19.0 Å². The quantitative estimate of drug-likeness (QED) is 0.830. The smallest absolute Gasteiger partial charge is 0.378 e. The van der Waals surface area contributed by atoms with Crippen LogP contribution in [-0.4, -0.2) is 48.5 Å². The minimum atomic E-state index is -4.64. The molecule has 0 unspecified atom stereocenters. The highest BCUT2D eigenvalue weighted by molar-refractivity contribution is 5.94. The minimum absolute atomic E-state index is 0.0295. The zero-order chi connectivity index (χ0) is 20.1. The van der Waals surface area contributed by atoms with Crippen LogP contribution >= 0.6 is 0 Å². The van der Waals surface area contributed by atoms with Crippen LogP contribution in [0.25, 0.3) is 0 Å². The Balaban J connectivity index is 1.56. The monoisotopic (exact) mass is 396 g/mol. The molecule has 0 radical (unpaired) electrons. The second-order valence-electron chi connectivity index (χ2n) is 6.18. The number of carbonyl (C=O) groups is 1. The van der Waals surface area contributed by atoms with E-state index in [1.165, 1.54) is 0 Å². The van der Waals surface area contributed by atoms with Crippen LogP contribution in [0.15, 0.2) is 41.2 Å². The number of anilines is 1. The van der Waals surface area contributed by atoms with Crippen molar-refractivity contribution in [3.63, 3.8) is 0 Å². The SMILES string of the molecule is O=C(NCCn1nc(C(F)(F)F)ccc1=O)c1ccc(N2CCOCC2)cc1. The molecule has 1 aromatic carbocycles. The molecular formula is C18H19F3N4O3. The zero-order valence-corrected chi connectivity index (χ0v) is 14.9. The molecule has 7 nitrogen and oxygen atoms in total. The van der Waals surface area contributed by atoms with Crippen LogP contribution in [0, 0.1) is 0 Å². The molecule has 1 aliphatic rings. The fourth-order valence-corrected chi connectivity index (χ4v) is 2.78. The number of nitrogens with zero attached hydrogens (tertiary/aromatic N) is 3. The maximum Gasteiger partial charge on any atom is 0.435 e. The molecule has 0 bridgehead atoms. The number of aromatic nitrogens is 2. The average Bonchev–Trinajstić information content (AvgIpc) is 2.69. The maximum absolute atomic E-state index is 12.7. The van der Waals surface area contributed by atoms with Gasteiger partial charge in [-0.15, -0.1) is 0 Å². The normalized spacial score (nSPS) is 14.8. The maximum atomic E-state index is 12.7. The first kappa shape index (κ1) is 19.9. The zero-order valence-electron chi connectivity index (χ0n) is 14.9. The van der Waals surface area contributed by atoms with E-state index in [4.69, 9.17) is 4.74 Å². The molecule has 1 fully saturated rings. The van der Waals surface area contributed by atoms with Gasteiger partial charge in [0.1, 0.15) is 0 Å². The molecule has 1 aromatic heterocycles. The molecular weight excluding hydrogens is 377 g/mol. The average molecular weight is 396 g/mol. The Labute approximate surface area is 158 Å². The fraction of sp³-hybridized carbons (Fsp3) is 0.389. The van der Waals surface area contributed by atoms with Gasteiger partial charge in [0.05, 0.1) is 19.8 Å². The summed E-state index contributed by atoms with van der Waals surface area (Å²) < 4.78 is 44.0. The Morgan fingerprint density at radius 2 is 1.79 bits per heavy atom. The molecule has 150 valence electrons. The van der Waals surface area contributed by atoms with Crippen molar-refractivity contribution >= 4 is 11.6 Å². The Morgan fingerprint density at radius 3 is 2.43 bits per heavy atom. The molecule has 0 atom stereocenters.